The summed E-state index contributed by atoms with van der Waals surface area (Å²) >= 11 is 0. The lowest BCUT2D eigenvalue weighted by molar-refractivity contribution is -0.141. The Balaban J connectivity index is 2.61. The second-order valence-electron chi connectivity index (χ2n) is 3.56. The molecule has 2 rings (SSSR count). The standard InChI is InChI=1S/C9H9F3N2O2/c10-9(11,12)7-6(8(15)16)4-1-2-13-3-5(4)14-7/h13-14H,1-3H2,(H,15,16). The van der Waals surface area contributed by atoms with Crippen LogP contribution in [0.15, 0.2) is 0 Å². The molecular weight excluding hydrogens is 225 g/mol. The smallest absolute Gasteiger partial charge is 0.432 e. The number of hydrogen-bond donors (Lipinski definition) is 3. The van der Waals surface area contributed by atoms with Crippen molar-refractivity contribution in [2.75, 3.05) is 6.54 Å². The van der Waals surface area contributed by atoms with Crippen LogP contribution in [0.3, 0.4) is 0 Å². The van der Waals surface area contributed by atoms with Crippen LogP contribution in [0.1, 0.15) is 27.3 Å². The number of nitrogens with one attached hydrogen (secondary N) is 2. The monoisotopic (exact) mass is 234 g/mol. The van der Waals surface area contributed by atoms with Gasteiger partial charge in [0.25, 0.3) is 0 Å². The third-order valence-electron chi connectivity index (χ3n) is 2.54. The van der Waals surface area contributed by atoms with E-state index in [9.17, 15) is 18.0 Å². The van der Waals surface area contributed by atoms with Crippen LogP contribution in [0.4, 0.5) is 13.2 Å². The molecule has 0 saturated carbocycles. The maximum Gasteiger partial charge on any atom is 0.432 e. The Bertz CT molecular complexity index is 437. The minimum Gasteiger partial charge on any atom is -0.478 e. The zero-order valence-electron chi connectivity index (χ0n) is 8.11. The zero-order chi connectivity index (χ0) is 11.9. The minimum absolute atomic E-state index is 0.242. The molecule has 0 amide bonds. The van der Waals surface area contributed by atoms with Crippen molar-refractivity contribution in [1.29, 1.82) is 0 Å². The Morgan fingerprint density at radius 2 is 2.06 bits per heavy atom. The Hall–Kier alpha value is -1.50. The quantitative estimate of drug-likeness (QED) is 0.687. The number of H-pyrrole nitrogens is 1. The number of carboxylic acid groups (broad SMARTS) is 1. The van der Waals surface area contributed by atoms with E-state index in [-0.39, 0.29) is 12.1 Å². The van der Waals surface area contributed by atoms with Crippen LogP contribution in [0, 0.1) is 0 Å². The van der Waals surface area contributed by atoms with Gasteiger partial charge in [-0.2, -0.15) is 13.2 Å². The van der Waals surface area contributed by atoms with Gasteiger partial charge in [0.05, 0.1) is 5.56 Å². The van der Waals surface area contributed by atoms with E-state index < -0.39 is 23.4 Å². The Morgan fingerprint density at radius 3 is 2.62 bits per heavy atom. The lowest BCUT2D eigenvalue weighted by Gasteiger charge is -2.12. The summed E-state index contributed by atoms with van der Waals surface area (Å²) in [6, 6.07) is 0. The van der Waals surface area contributed by atoms with Gasteiger partial charge in [-0.15, -0.1) is 0 Å². The minimum atomic E-state index is -4.66. The molecule has 0 unspecified atom stereocenters. The van der Waals surface area contributed by atoms with Crippen molar-refractivity contribution in [3.8, 4) is 0 Å². The molecule has 1 aromatic rings. The summed E-state index contributed by atoms with van der Waals surface area (Å²) in [6.07, 6.45) is -4.37. The molecule has 0 radical (unpaired) electrons. The average molecular weight is 234 g/mol. The number of hydrogen-bond acceptors (Lipinski definition) is 2. The van der Waals surface area contributed by atoms with Gasteiger partial charge in [0, 0.05) is 12.2 Å². The summed E-state index contributed by atoms with van der Waals surface area (Å²) < 4.78 is 37.7. The highest BCUT2D eigenvalue weighted by atomic mass is 19.4. The first-order chi connectivity index (χ1) is 7.41. The number of aromatic nitrogens is 1. The van der Waals surface area contributed by atoms with Gasteiger partial charge in [0.1, 0.15) is 5.69 Å². The Labute approximate surface area is 88.5 Å². The number of carboxylic acids is 1. The van der Waals surface area contributed by atoms with Crippen molar-refractivity contribution in [2.24, 2.45) is 0 Å². The second kappa shape index (κ2) is 3.51. The molecule has 3 N–H and O–H groups in total. The first-order valence-corrected chi connectivity index (χ1v) is 4.66. The molecule has 1 aliphatic rings. The molecule has 4 nitrogen and oxygen atoms in total. The summed E-state index contributed by atoms with van der Waals surface area (Å²) in [5.74, 6) is -1.54. The van der Waals surface area contributed by atoms with Crippen LogP contribution in [0.25, 0.3) is 0 Å². The maximum atomic E-state index is 12.6. The zero-order valence-corrected chi connectivity index (χ0v) is 8.11. The van der Waals surface area contributed by atoms with E-state index in [0.29, 0.717) is 18.7 Å². The molecule has 0 aliphatic carbocycles. The highest BCUT2D eigenvalue weighted by Gasteiger charge is 2.40. The number of aromatic carboxylic acids is 1. The largest absolute Gasteiger partial charge is 0.478 e. The summed E-state index contributed by atoms with van der Waals surface area (Å²) in [5.41, 5.74) is -1.22. The van der Waals surface area contributed by atoms with Crippen LogP contribution < -0.4 is 5.32 Å². The summed E-state index contributed by atoms with van der Waals surface area (Å²) in [4.78, 5) is 13.0. The number of alkyl halides is 3. The molecule has 0 bridgehead atoms. The van der Waals surface area contributed by atoms with E-state index in [0.717, 1.165) is 0 Å². The fraction of sp³-hybridized carbons (Fsp3) is 0.444. The molecule has 0 atom stereocenters. The van der Waals surface area contributed by atoms with Gasteiger partial charge in [-0.1, -0.05) is 0 Å². The number of fused-ring (bicyclic) bond motifs is 1. The van der Waals surface area contributed by atoms with Crippen LogP contribution in [0.5, 0.6) is 0 Å². The predicted molar refractivity (Wildman–Crippen MR) is 48.2 cm³/mol. The Morgan fingerprint density at radius 1 is 1.38 bits per heavy atom. The SMILES string of the molecule is O=C(O)c1c(C(F)(F)F)[nH]c2c1CCNC2. The summed E-state index contributed by atoms with van der Waals surface area (Å²) in [7, 11) is 0. The van der Waals surface area contributed by atoms with E-state index >= 15 is 0 Å². The van der Waals surface area contributed by atoms with Gasteiger partial charge in [0.2, 0.25) is 0 Å². The second-order valence-corrected chi connectivity index (χ2v) is 3.56. The molecule has 0 fully saturated rings. The maximum absolute atomic E-state index is 12.6. The molecule has 16 heavy (non-hydrogen) atoms. The predicted octanol–water partition coefficient (Wildman–Crippen LogP) is 1.38. The van der Waals surface area contributed by atoms with Crippen LogP contribution in [-0.4, -0.2) is 22.6 Å². The van der Waals surface area contributed by atoms with Crippen molar-refractivity contribution < 1.29 is 23.1 Å². The van der Waals surface area contributed by atoms with Crippen LogP contribution in [-0.2, 0) is 19.1 Å². The highest BCUT2D eigenvalue weighted by Crippen LogP contribution is 2.35. The molecule has 0 saturated heterocycles. The molecule has 0 spiro atoms. The number of rotatable bonds is 1. The van der Waals surface area contributed by atoms with Gasteiger partial charge in [-0.05, 0) is 18.5 Å². The van der Waals surface area contributed by atoms with E-state index in [4.69, 9.17) is 5.11 Å². The average Bonchev–Trinajstić information content (AvgIpc) is 2.55. The van der Waals surface area contributed by atoms with E-state index in [1.54, 1.807) is 0 Å². The number of aromatic amines is 1. The van der Waals surface area contributed by atoms with Crippen molar-refractivity contribution in [2.45, 2.75) is 19.1 Å². The first-order valence-electron chi connectivity index (χ1n) is 4.66. The molecule has 1 aromatic heterocycles. The lowest BCUT2D eigenvalue weighted by atomic mass is 10.0. The normalized spacial score (nSPS) is 15.9. The van der Waals surface area contributed by atoms with Crippen molar-refractivity contribution in [3.63, 3.8) is 0 Å². The fourth-order valence-corrected chi connectivity index (χ4v) is 1.89. The van der Waals surface area contributed by atoms with Crippen molar-refractivity contribution >= 4 is 5.97 Å². The van der Waals surface area contributed by atoms with Crippen molar-refractivity contribution in [1.82, 2.24) is 10.3 Å². The van der Waals surface area contributed by atoms with Gasteiger partial charge in [0.15, 0.2) is 0 Å². The van der Waals surface area contributed by atoms with Crippen molar-refractivity contribution in [3.05, 3.63) is 22.5 Å². The molecule has 2 heterocycles. The molecule has 7 heteroatoms. The van der Waals surface area contributed by atoms with Crippen LogP contribution in [0.2, 0.25) is 0 Å². The van der Waals surface area contributed by atoms with E-state index in [1.807, 2.05) is 0 Å². The van der Waals surface area contributed by atoms with Crippen LogP contribution >= 0.6 is 0 Å². The van der Waals surface area contributed by atoms with Gasteiger partial charge >= 0.3 is 12.1 Å². The fourth-order valence-electron chi connectivity index (χ4n) is 1.89. The highest BCUT2D eigenvalue weighted by molar-refractivity contribution is 5.91. The van der Waals surface area contributed by atoms with E-state index in [1.165, 1.54) is 0 Å². The molecule has 1 aliphatic heterocycles. The number of halogens is 3. The first kappa shape index (κ1) is 11.0. The topological polar surface area (TPSA) is 65.1 Å². The van der Waals surface area contributed by atoms with Gasteiger partial charge in [-0.25, -0.2) is 4.79 Å². The number of carbonyl (C=O) groups is 1. The molecule has 88 valence electrons. The summed E-state index contributed by atoms with van der Waals surface area (Å²) in [6.45, 7) is 0.730. The third-order valence-corrected chi connectivity index (χ3v) is 2.54. The lowest BCUT2D eigenvalue weighted by Crippen LogP contribution is -2.24. The van der Waals surface area contributed by atoms with Gasteiger partial charge < -0.3 is 15.4 Å². The Kier molecular flexibility index (Phi) is 2.42. The molecular formula is C9H9F3N2O2. The summed E-state index contributed by atoms with van der Waals surface area (Å²) in [5, 5.41) is 11.7. The van der Waals surface area contributed by atoms with Gasteiger partial charge in [-0.3, -0.25) is 0 Å². The molecule has 0 aromatic carbocycles. The third kappa shape index (κ3) is 1.67. The van der Waals surface area contributed by atoms with E-state index in [2.05, 4.69) is 10.3 Å².